The number of hydrogen-bond acceptors (Lipinski definition) is 4. The molecule has 0 heterocycles. The molecule has 0 saturated heterocycles. The van der Waals surface area contributed by atoms with Gasteiger partial charge in [0.25, 0.3) is 0 Å². The molecule has 1 aliphatic rings. The first kappa shape index (κ1) is 15.2. The summed E-state index contributed by atoms with van der Waals surface area (Å²) < 4.78 is 10.4. The van der Waals surface area contributed by atoms with Crippen molar-refractivity contribution in [3.05, 3.63) is 23.8 Å². The maximum absolute atomic E-state index is 12.3. The molecular formula is C16H22O3S. The van der Waals surface area contributed by atoms with Crippen molar-refractivity contribution in [2.75, 3.05) is 20.0 Å². The lowest BCUT2D eigenvalue weighted by Crippen LogP contribution is -2.12. The summed E-state index contributed by atoms with van der Waals surface area (Å²) in [5, 5.41) is 0.653. The second-order valence-electron chi connectivity index (χ2n) is 5.10. The lowest BCUT2D eigenvalue weighted by molar-refractivity contribution is 0.102. The van der Waals surface area contributed by atoms with E-state index in [9.17, 15) is 4.79 Å². The van der Waals surface area contributed by atoms with Gasteiger partial charge in [-0.25, -0.2) is 0 Å². The average molecular weight is 294 g/mol. The summed E-state index contributed by atoms with van der Waals surface area (Å²) >= 11 is 1.80. The van der Waals surface area contributed by atoms with Gasteiger partial charge in [0, 0.05) is 16.9 Å². The summed E-state index contributed by atoms with van der Waals surface area (Å²) in [7, 11) is 3.19. The van der Waals surface area contributed by atoms with E-state index in [1.807, 2.05) is 0 Å². The number of benzene rings is 1. The molecule has 3 nitrogen and oxygen atoms in total. The second-order valence-corrected chi connectivity index (χ2v) is 6.38. The van der Waals surface area contributed by atoms with Crippen LogP contribution in [0.25, 0.3) is 0 Å². The van der Waals surface area contributed by atoms with Gasteiger partial charge in [0.2, 0.25) is 0 Å². The molecule has 4 heteroatoms. The summed E-state index contributed by atoms with van der Waals surface area (Å²) in [5.74, 6) is 2.02. The SMILES string of the molecule is COc1cc(OC)cc(C(=O)CSC2CCCCC2)c1. The number of carbonyl (C=O) groups excluding carboxylic acids is 1. The van der Waals surface area contributed by atoms with Gasteiger partial charge in [-0.15, -0.1) is 0 Å². The van der Waals surface area contributed by atoms with E-state index in [1.54, 1.807) is 44.2 Å². The Balaban J connectivity index is 1.97. The smallest absolute Gasteiger partial charge is 0.173 e. The van der Waals surface area contributed by atoms with E-state index >= 15 is 0 Å². The molecular weight excluding hydrogens is 272 g/mol. The molecule has 1 saturated carbocycles. The Labute approximate surface area is 125 Å². The van der Waals surface area contributed by atoms with Crippen LogP contribution in [0.3, 0.4) is 0 Å². The summed E-state index contributed by atoms with van der Waals surface area (Å²) in [5.41, 5.74) is 0.671. The Bertz CT molecular complexity index is 431. The van der Waals surface area contributed by atoms with E-state index in [-0.39, 0.29) is 5.78 Å². The van der Waals surface area contributed by atoms with Crippen LogP contribution in [0.15, 0.2) is 18.2 Å². The number of ketones is 1. The molecule has 0 unspecified atom stereocenters. The van der Waals surface area contributed by atoms with Crippen LogP contribution in [-0.4, -0.2) is 31.0 Å². The van der Waals surface area contributed by atoms with Crippen molar-refractivity contribution in [2.45, 2.75) is 37.4 Å². The zero-order chi connectivity index (χ0) is 14.4. The van der Waals surface area contributed by atoms with Gasteiger partial charge in [-0.2, -0.15) is 11.8 Å². The molecule has 20 heavy (non-hydrogen) atoms. The van der Waals surface area contributed by atoms with Crippen molar-refractivity contribution in [1.29, 1.82) is 0 Å². The van der Waals surface area contributed by atoms with Crippen LogP contribution in [0.4, 0.5) is 0 Å². The van der Waals surface area contributed by atoms with Gasteiger partial charge in [0.15, 0.2) is 5.78 Å². The number of thioether (sulfide) groups is 1. The fourth-order valence-corrected chi connectivity index (χ4v) is 3.70. The highest BCUT2D eigenvalue weighted by Gasteiger charge is 2.16. The maximum atomic E-state index is 12.3. The first-order valence-corrected chi connectivity index (χ1v) is 8.15. The van der Waals surface area contributed by atoms with E-state index in [4.69, 9.17) is 9.47 Å². The molecule has 1 aromatic carbocycles. The number of carbonyl (C=O) groups is 1. The molecule has 0 amide bonds. The molecule has 1 aliphatic carbocycles. The van der Waals surface area contributed by atoms with Crippen LogP contribution in [0.5, 0.6) is 11.5 Å². The third-order valence-corrected chi connectivity index (χ3v) is 5.05. The van der Waals surface area contributed by atoms with E-state index < -0.39 is 0 Å². The van der Waals surface area contributed by atoms with Crippen molar-refractivity contribution in [1.82, 2.24) is 0 Å². The summed E-state index contributed by atoms with van der Waals surface area (Å²) in [4.78, 5) is 12.3. The van der Waals surface area contributed by atoms with Gasteiger partial charge in [0.1, 0.15) is 11.5 Å². The minimum Gasteiger partial charge on any atom is -0.497 e. The summed E-state index contributed by atoms with van der Waals surface area (Å²) in [6, 6.07) is 5.35. The standard InChI is InChI=1S/C16H22O3S/c1-18-13-8-12(9-14(10-13)19-2)16(17)11-20-15-6-4-3-5-7-15/h8-10,15H,3-7,11H2,1-2H3. The largest absolute Gasteiger partial charge is 0.497 e. The average Bonchev–Trinajstić information content (AvgIpc) is 2.52. The van der Waals surface area contributed by atoms with Crippen molar-refractivity contribution in [3.8, 4) is 11.5 Å². The zero-order valence-corrected chi connectivity index (χ0v) is 13.0. The number of hydrogen-bond donors (Lipinski definition) is 0. The fraction of sp³-hybridized carbons (Fsp3) is 0.562. The molecule has 0 spiro atoms. The number of Topliss-reactive ketones (excluding diaryl/α,β-unsaturated/α-hetero) is 1. The Morgan fingerprint density at radius 2 is 1.70 bits per heavy atom. The second kappa shape index (κ2) is 7.58. The zero-order valence-electron chi connectivity index (χ0n) is 12.2. The molecule has 0 bridgehead atoms. The molecule has 1 fully saturated rings. The Kier molecular flexibility index (Phi) is 5.77. The summed E-state index contributed by atoms with van der Waals surface area (Å²) in [6.45, 7) is 0. The first-order chi connectivity index (χ1) is 9.72. The topological polar surface area (TPSA) is 35.5 Å². The van der Waals surface area contributed by atoms with Crippen molar-refractivity contribution >= 4 is 17.5 Å². The van der Waals surface area contributed by atoms with Crippen LogP contribution in [0.1, 0.15) is 42.5 Å². The molecule has 1 aromatic rings. The fourth-order valence-electron chi connectivity index (χ4n) is 2.48. The predicted molar refractivity (Wildman–Crippen MR) is 83.2 cm³/mol. The minimum atomic E-state index is 0.151. The van der Waals surface area contributed by atoms with Gasteiger partial charge in [-0.05, 0) is 25.0 Å². The number of rotatable bonds is 6. The van der Waals surface area contributed by atoms with Crippen LogP contribution < -0.4 is 9.47 Å². The lowest BCUT2D eigenvalue weighted by atomic mass is 10.0. The monoisotopic (exact) mass is 294 g/mol. The number of ether oxygens (including phenoxy) is 2. The molecule has 0 radical (unpaired) electrons. The van der Waals surface area contributed by atoms with Crippen LogP contribution in [0, 0.1) is 0 Å². The van der Waals surface area contributed by atoms with E-state index in [0.717, 1.165) is 0 Å². The van der Waals surface area contributed by atoms with Crippen molar-refractivity contribution in [3.63, 3.8) is 0 Å². The molecule has 0 atom stereocenters. The molecule has 2 rings (SSSR count). The van der Waals surface area contributed by atoms with Crippen molar-refractivity contribution < 1.29 is 14.3 Å². The van der Waals surface area contributed by atoms with E-state index in [2.05, 4.69) is 0 Å². The quantitative estimate of drug-likeness (QED) is 0.744. The predicted octanol–water partition coefficient (Wildman–Crippen LogP) is 3.95. The molecule has 0 aromatic heterocycles. The van der Waals surface area contributed by atoms with Gasteiger partial charge in [-0.3, -0.25) is 4.79 Å². The highest BCUT2D eigenvalue weighted by atomic mass is 32.2. The number of methoxy groups -OCH3 is 2. The maximum Gasteiger partial charge on any atom is 0.173 e. The lowest BCUT2D eigenvalue weighted by Gasteiger charge is -2.20. The summed E-state index contributed by atoms with van der Waals surface area (Å²) in [6.07, 6.45) is 6.45. The molecule has 0 aliphatic heterocycles. The highest BCUT2D eigenvalue weighted by molar-refractivity contribution is 8.00. The van der Waals surface area contributed by atoms with Crippen LogP contribution in [0.2, 0.25) is 0 Å². The van der Waals surface area contributed by atoms with Crippen LogP contribution in [-0.2, 0) is 0 Å². The third kappa shape index (κ3) is 4.17. The molecule has 0 N–H and O–H groups in total. The van der Waals surface area contributed by atoms with Gasteiger partial charge >= 0.3 is 0 Å². The highest BCUT2D eigenvalue weighted by Crippen LogP contribution is 2.29. The van der Waals surface area contributed by atoms with Gasteiger partial charge in [-0.1, -0.05) is 19.3 Å². The van der Waals surface area contributed by atoms with Gasteiger partial charge < -0.3 is 9.47 Å². The Morgan fingerprint density at radius 3 is 2.25 bits per heavy atom. The molecule has 110 valence electrons. The van der Waals surface area contributed by atoms with Crippen molar-refractivity contribution in [2.24, 2.45) is 0 Å². The minimum absolute atomic E-state index is 0.151. The third-order valence-electron chi connectivity index (χ3n) is 3.68. The first-order valence-electron chi connectivity index (χ1n) is 7.11. The normalized spacial score (nSPS) is 15.9. The van der Waals surface area contributed by atoms with E-state index in [0.29, 0.717) is 28.1 Å². The Morgan fingerprint density at radius 1 is 1.10 bits per heavy atom. The van der Waals surface area contributed by atoms with Crippen LogP contribution >= 0.6 is 11.8 Å². The Hall–Kier alpha value is -1.16. The van der Waals surface area contributed by atoms with E-state index in [1.165, 1.54) is 32.1 Å². The van der Waals surface area contributed by atoms with Gasteiger partial charge in [0.05, 0.1) is 20.0 Å².